The van der Waals surface area contributed by atoms with Crippen LogP contribution in [0.1, 0.15) is 17.3 Å². The molecule has 1 aromatic carbocycles. The molecule has 0 saturated heterocycles. The van der Waals surface area contributed by atoms with E-state index in [2.05, 4.69) is 26.2 Å². The van der Waals surface area contributed by atoms with Crippen molar-refractivity contribution in [3.05, 3.63) is 50.7 Å². The molecule has 2 rings (SSSR count). The van der Waals surface area contributed by atoms with Crippen LogP contribution in [0, 0.1) is 0 Å². The van der Waals surface area contributed by atoms with Gasteiger partial charge in [-0.1, -0.05) is 23.2 Å². The van der Waals surface area contributed by atoms with Gasteiger partial charge in [0.25, 0.3) is 5.91 Å². The molecule has 0 spiro atoms. The smallest absolute Gasteiger partial charge is 0.258 e. The number of halogens is 3. The van der Waals surface area contributed by atoms with Gasteiger partial charge in [0, 0.05) is 17.4 Å². The van der Waals surface area contributed by atoms with Crippen LogP contribution in [0.15, 0.2) is 35.1 Å². The molecule has 0 saturated carbocycles. The molecule has 0 radical (unpaired) electrons. The van der Waals surface area contributed by atoms with E-state index in [0.29, 0.717) is 32.6 Å². The summed E-state index contributed by atoms with van der Waals surface area (Å²) in [5.41, 5.74) is 0.735. The van der Waals surface area contributed by atoms with E-state index >= 15 is 0 Å². The van der Waals surface area contributed by atoms with Crippen molar-refractivity contribution < 1.29 is 9.53 Å². The first kappa shape index (κ1) is 16.1. The molecule has 0 atom stereocenters. The highest BCUT2D eigenvalue weighted by Crippen LogP contribution is 2.37. The Kier molecular flexibility index (Phi) is 5.45. The van der Waals surface area contributed by atoms with E-state index in [1.54, 1.807) is 18.2 Å². The number of hydrogen-bond donors (Lipinski definition) is 1. The van der Waals surface area contributed by atoms with Crippen LogP contribution < -0.4 is 10.1 Å². The number of pyridine rings is 1. The minimum atomic E-state index is -0.386. The predicted octanol–water partition coefficient (Wildman–Crippen LogP) is 4.80. The highest BCUT2D eigenvalue weighted by molar-refractivity contribution is 9.10. The number of rotatable bonds is 4. The standard InChI is InChI=1S/C14H11BrCl2N2O2/c1-2-21-13-10(15)5-8(16)6-12(13)19-14(20)9-7-18-4-3-11(9)17/h3-7H,2H2,1H3,(H,19,20). The first-order valence-electron chi connectivity index (χ1n) is 6.05. The number of carbonyl (C=O) groups is 1. The Bertz CT molecular complexity index is 680. The number of aromatic nitrogens is 1. The summed E-state index contributed by atoms with van der Waals surface area (Å²) in [5, 5.41) is 3.52. The highest BCUT2D eigenvalue weighted by Gasteiger charge is 2.16. The molecule has 2 aromatic rings. The number of anilines is 1. The molecule has 0 aliphatic carbocycles. The molecule has 0 bridgehead atoms. The predicted molar refractivity (Wildman–Crippen MR) is 87.5 cm³/mol. The summed E-state index contributed by atoms with van der Waals surface area (Å²) in [4.78, 5) is 16.2. The second kappa shape index (κ2) is 7.11. The molecule has 1 aromatic heterocycles. The van der Waals surface area contributed by atoms with Gasteiger partial charge in [0.2, 0.25) is 0 Å². The fraction of sp³-hybridized carbons (Fsp3) is 0.143. The summed E-state index contributed by atoms with van der Waals surface area (Å²) in [6, 6.07) is 4.85. The molecule has 0 unspecified atom stereocenters. The quantitative estimate of drug-likeness (QED) is 0.816. The van der Waals surface area contributed by atoms with Crippen LogP contribution in [-0.4, -0.2) is 17.5 Å². The molecule has 0 fully saturated rings. The lowest BCUT2D eigenvalue weighted by Gasteiger charge is -2.14. The molecule has 1 N–H and O–H groups in total. The largest absolute Gasteiger partial charge is 0.491 e. The SMILES string of the molecule is CCOc1c(Br)cc(Cl)cc1NC(=O)c1cnccc1Cl. The molecule has 1 amide bonds. The Morgan fingerprint density at radius 3 is 2.86 bits per heavy atom. The Labute approximate surface area is 140 Å². The Hall–Kier alpha value is -1.30. The minimum absolute atomic E-state index is 0.276. The number of amides is 1. The fourth-order valence-corrected chi connectivity index (χ4v) is 2.79. The number of nitrogens with one attached hydrogen (secondary N) is 1. The van der Waals surface area contributed by atoms with Crippen LogP contribution in [0.3, 0.4) is 0 Å². The number of nitrogens with zero attached hydrogens (tertiary/aromatic N) is 1. The van der Waals surface area contributed by atoms with Crippen LogP contribution in [0.2, 0.25) is 10.0 Å². The van der Waals surface area contributed by atoms with Gasteiger partial charge < -0.3 is 10.1 Å². The van der Waals surface area contributed by atoms with Gasteiger partial charge in [-0.3, -0.25) is 9.78 Å². The molecule has 0 aliphatic heterocycles. The lowest BCUT2D eigenvalue weighted by atomic mass is 10.2. The maximum Gasteiger partial charge on any atom is 0.258 e. The van der Waals surface area contributed by atoms with E-state index in [1.807, 2.05) is 6.92 Å². The minimum Gasteiger partial charge on any atom is -0.491 e. The van der Waals surface area contributed by atoms with Crippen molar-refractivity contribution in [1.82, 2.24) is 4.98 Å². The number of carbonyl (C=O) groups excluding carboxylic acids is 1. The molecule has 4 nitrogen and oxygen atoms in total. The van der Waals surface area contributed by atoms with Gasteiger partial charge in [0.15, 0.2) is 5.75 Å². The first-order chi connectivity index (χ1) is 10.0. The van der Waals surface area contributed by atoms with Crippen molar-refractivity contribution in [2.75, 3.05) is 11.9 Å². The topological polar surface area (TPSA) is 51.2 Å². The molecular formula is C14H11BrCl2N2O2. The molecule has 7 heteroatoms. The monoisotopic (exact) mass is 388 g/mol. The lowest BCUT2D eigenvalue weighted by molar-refractivity contribution is 0.102. The lowest BCUT2D eigenvalue weighted by Crippen LogP contribution is -2.14. The zero-order chi connectivity index (χ0) is 15.4. The Morgan fingerprint density at radius 2 is 2.19 bits per heavy atom. The third-order valence-corrected chi connectivity index (χ3v) is 3.69. The zero-order valence-electron chi connectivity index (χ0n) is 11.0. The summed E-state index contributed by atoms with van der Waals surface area (Å²) in [5.74, 6) is 0.124. The molecular weight excluding hydrogens is 379 g/mol. The summed E-state index contributed by atoms with van der Waals surface area (Å²) in [7, 11) is 0. The van der Waals surface area contributed by atoms with Gasteiger partial charge in [-0.15, -0.1) is 0 Å². The van der Waals surface area contributed by atoms with Crippen LogP contribution in [-0.2, 0) is 0 Å². The number of hydrogen-bond acceptors (Lipinski definition) is 3. The van der Waals surface area contributed by atoms with Gasteiger partial charge in [0.1, 0.15) is 0 Å². The van der Waals surface area contributed by atoms with E-state index in [0.717, 1.165) is 0 Å². The van der Waals surface area contributed by atoms with Crippen LogP contribution in [0.4, 0.5) is 5.69 Å². The van der Waals surface area contributed by atoms with Gasteiger partial charge >= 0.3 is 0 Å². The molecule has 21 heavy (non-hydrogen) atoms. The third kappa shape index (κ3) is 3.87. The fourth-order valence-electron chi connectivity index (χ4n) is 1.68. The molecule has 110 valence electrons. The summed E-state index contributed by atoms with van der Waals surface area (Å²) >= 11 is 15.3. The van der Waals surface area contributed by atoms with E-state index in [1.165, 1.54) is 12.4 Å². The van der Waals surface area contributed by atoms with Gasteiger partial charge in [-0.05, 0) is 41.1 Å². The van der Waals surface area contributed by atoms with Gasteiger partial charge in [-0.25, -0.2) is 0 Å². The van der Waals surface area contributed by atoms with Crippen molar-refractivity contribution in [3.63, 3.8) is 0 Å². The van der Waals surface area contributed by atoms with Crippen molar-refractivity contribution in [2.45, 2.75) is 6.92 Å². The van der Waals surface area contributed by atoms with Gasteiger partial charge in [0.05, 0.1) is 27.4 Å². The highest BCUT2D eigenvalue weighted by atomic mass is 79.9. The Morgan fingerprint density at radius 1 is 1.43 bits per heavy atom. The van der Waals surface area contributed by atoms with Crippen LogP contribution in [0.25, 0.3) is 0 Å². The third-order valence-electron chi connectivity index (χ3n) is 2.56. The average molecular weight is 390 g/mol. The maximum atomic E-state index is 12.3. The van der Waals surface area contributed by atoms with Crippen molar-refractivity contribution >= 4 is 50.7 Å². The van der Waals surface area contributed by atoms with Crippen LogP contribution in [0.5, 0.6) is 5.75 Å². The summed E-state index contributed by atoms with van der Waals surface area (Å²) < 4.78 is 6.18. The second-order valence-electron chi connectivity index (χ2n) is 4.01. The number of benzene rings is 1. The summed E-state index contributed by atoms with van der Waals surface area (Å²) in [6.07, 6.45) is 2.91. The second-order valence-corrected chi connectivity index (χ2v) is 5.70. The van der Waals surface area contributed by atoms with E-state index in [-0.39, 0.29) is 11.5 Å². The van der Waals surface area contributed by atoms with Crippen molar-refractivity contribution in [2.24, 2.45) is 0 Å². The number of ether oxygens (including phenoxy) is 1. The average Bonchev–Trinajstić information content (AvgIpc) is 2.43. The van der Waals surface area contributed by atoms with Crippen molar-refractivity contribution in [3.8, 4) is 5.75 Å². The first-order valence-corrected chi connectivity index (χ1v) is 7.60. The van der Waals surface area contributed by atoms with Gasteiger partial charge in [-0.2, -0.15) is 0 Å². The van der Waals surface area contributed by atoms with E-state index < -0.39 is 0 Å². The normalized spacial score (nSPS) is 10.3. The van der Waals surface area contributed by atoms with E-state index in [9.17, 15) is 4.79 Å². The zero-order valence-corrected chi connectivity index (χ0v) is 14.1. The molecule has 1 heterocycles. The summed E-state index contributed by atoms with van der Waals surface area (Å²) in [6.45, 7) is 2.31. The molecule has 0 aliphatic rings. The van der Waals surface area contributed by atoms with Crippen LogP contribution >= 0.6 is 39.1 Å². The maximum absolute atomic E-state index is 12.3. The van der Waals surface area contributed by atoms with E-state index in [4.69, 9.17) is 27.9 Å². The van der Waals surface area contributed by atoms with Crippen molar-refractivity contribution in [1.29, 1.82) is 0 Å². The Balaban J connectivity index is 2.35.